The summed E-state index contributed by atoms with van der Waals surface area (Å²) in [5, 5.41) is 0. The first kappa shape index (κ1) is 27.1. The van der Waals surface area contributed by atoms with Crippen molar-refractivity contribution in [3.05, 3.63) is 59.7 Å². The summed E-state index contributed by atoms with van der Waals surface area (Å²) in [5.74, 6) is -0.157. The number of ketones is 1. The second-order valence-corrected chi connectivity index (χ2v) is 8.32. The Morgan fingerprint density at radius 1 is 0.706 bits per heavy atom. The van der Waals surface area contributed by atoms with E-state index in [2.05, 4.69) is 6.92 Å². The molecule has 0 aromatic heterocycles. The summed E-state index contributed by atoms with van der Waals surface area (Å²) >= 11 is 0. The van der Waals surface area contributed by atoms with Crippen LogP contribution in [-0.2, 0) is 9.53 Å². The van der Waals surface area contributed by atoms with Gasteiger partial charge in [-0.05, 0) is 68.3 Å². The number of unbranched alkanes of at least 4 members (excludes halogenated alkanes) is 5. The van der Waals surface area contributed by atoms with Gasteiger partial charge in [0, 0.05) is 6.42 Å². The highest BCUT2D eigenvalue weighted by atomic mass is 16.5. The number of carbonyl (C=O) groups excluding carboxylic acids is 3. The van der Waals surface area contributed by atoms with E-state index in [1.165, 1.54) is 43.5 Å². The first-order chi connectivity index (χ1) is 16.4. The Morgan fingerprint density at radius 2 is 1.26 bits per heavy atom. The van der Waals surface area contributed by atoms with Crippen LogP contribution in [0, 0.1) is 0 Å². The fraction of sp³-hybridized carbons (Fsp3) is 0.464. The fourth-order valence-electron chi connectivity index (χ4n) is 3.26. The number of benzene rings is 2. The molecule has 0 bridgehead atoms. The van der Waals surface area contributed by atoms with Crippen molar-refractivity contribution >= 4 is 17.7 Å². The summed E-state index contributed by atoms with van der Waals surface area (Å²) in [7, 11) is 0. The highest BCUT2D eigenvalue weighted by Gasteiger charge is 2.18. The molecule has 0 amide bonds. The summed E-state index contributed by atoms with van der Waals surface area (Å²) < 4.78 is 16.3. The minimum atomic E-state index is -0.787. The monoisotopic (exact) mass is 468 g/mol. The van der Waals surface area contributed by atoms with Crippen molar-refractivity contribution in [2.24, 2.45) is 0 Å². The molecule has 0 aliphatic heterocycles. The van der Waals surface area contributed by atoms with Gasteiger partial charge in [-0.25, -0.2) is 9.59 Å². The zero-order valence-corrected chi connectivity index (χ0v) is 20.5. The largest absolute Gasteiger partial charge is 0.494 e. The Balaban J connectivity index is 1.81. The van der Waals surface area contributed by atoms with E-state index in [-0.39, 0.29) is 11.3 Å². The van der Waals surface area contributed by atoms with Gasteiger partial charge < -0.3 is 14.2 Å². The molecular weight excluding hydrogens is 432 g/mol. The lowest BCUT2D eigenvalue weighted by atomic mass is 10.1. The summed E-state index contributed by atoms with van der Waals surface area (Å²) in [6, 6.07) is 12.9. The average molecular weight is 469 g/mol. The molecule has 2 aromatic rings. The molecule has 184 valence electrons. The predicted molar refractivity (Wildman–Crippen MR) is 132 cm³/mol. The summed E-state index contributed by atoms with van der Waals surface area (Å²) in [6.45, 7) is 6.43. The zero-order chi connectivity index (χ0) is 24.8. The maximum absolute atomic E-state index is 12.4. The molecule has 6 heteroatoms. The van der Waals surface area contributed by atoms with Crippen LogP contribution in [0.25, 0.3) is 0 Å². The number of carbonyl (C=O) groups is 3. The Kier molecular flexibility index (Phi) is 11.9. The van der Waals surface area contributed by atoms with Crippen molar-refractivity contribution in [2.45, 2.75) is 78.2 Å². The first-order valence-corrected chi connectivity index (χ1v) is 12.2. The van der Waals surface area contributed by atoms with Gasteiger partial charge in [0.1, 0.15) is 11.5 Å². The predicted octanol–water partition coefficient (Wildman–Crippen LogP) is 6.56. The third-order valence-corrected chi connectivity index (χ3v) is 5.42. The van der Waals surface area contributed by atoms with E-state index in [1.807, 2.05) is 6.92 Å². The van der Waals surface area contributed by atoms with Gasteiger partial charge in [0.25, 0.3) is 0 Å². The molecule has 0 fully saturated rings. The molecule has 2 rings (SSSR count). The van der Waals surface area contributed by atoms with E-state index in [9.17, 15) is 14.4 Å². The van der Waals surface area contributed by atoms with Gasteiger partial charge in [0.2, 0.25) is 0 Å². The number of hydrogen-bond donors (Lipinski definition) is 0. The fourth-order valence-corrected chi connectivity index (χ4v) is 3.26. The number of hydrogen-bond acceptors (Lipinski definition) is 6. The van der Waals surface area contributed by atoms with Crippen LogP contribution in [0.15, 0.2) is 48.5 Å². The van der Waals surface area contributed by atoms with Gasteiger partial charge in [-0.15, -0.1) is 0 Å². The van der Waals surface area contributed by atoms with Crippen LogP contribution in [0.4, 0.5) is 0 Å². The number of esters is 2. The van der Waals surface area contributed by atoms with Gasteiger partial charge in [0.05, 0.1) is 17.7 Å². The normalized spacial score (nSPS) is 11.5. The van der Waals surface area contributed by atoms with Crippen LogP contribution in [0.3, 0.4) is 0 Å². The molecule has 0 N–H and O–H groups in total. The molecule has 1 atom stereocenters. The van der Waals surface area contributed by atoms with Gasteiger partial charge >= 0.3 is 11.9 Å². The molecule has 0 saturated heterocycles. The van der Waals surface area contributed by atoms with Gasteiger partial charge in [0.15, 0.2) is 11.9 Å². The highest BCUT2D eigenvalue weighted by molar-refractivity contribution is 5.93. The third-order valence-electron chi connectivity index (χ3n) is 5.42. The smallest absolute Gasteiger partial charge is 0.343 e. The Bertz CT molecular complexity index is 901. The van der Waals surface area contributed by atoms with Gasteiger partial charge in [-0.3, -0.25) is 4.79 Å². The van der Waals surface area contributed by atoms with E-state index in [0.717, 1.165) is 31.4 Å². The Hall–Kier alpha value is -3.15. The van der Waals surface area contributed by atoms with Gasteiger partial charge in [-0.1, -0.05) is 46.0 Å². The minimum absolute atomic E-state index is 0.0934. The SMILES string of the molecule is CCCCCCCOc1ccc(C(=O)Oc2ccc(C(=O)OC(C)C(=O)CCCC)cc2)cc1. The molecule has 6 nitrogen and oxygen atoms in total. The molecule has 0 saturated carbocycles. The minimum Gasteiger partial charge on any atom is -0.494 e. The molecular formula is C28H36O6. The Labute approximate surface area is 202 Å². The lowest BCUT2D eigenvalue weighted by Crippen LogP contribution is -2.24. The van der Waals surface area contributed by atoms with Crippen molar-refractivity contribution in [1.82, 2.24) is 0 Å². The van der Waals surface area contributed by atoms with Crippen LogP contribution in [-0.4, -0.2) is 30.4 Å². The first-order valence-electron chi connectivity index (χ1n) is 12.2. The van der Waals surface area contributed by atoms with E-state index in [0.29, 0.717) is 24.3 Å². The van der Waals surface area contributed by atoms with Crippen LogP contribution in [0.1, 0.15) is 92.9 Å². The third kappa shape index (κ3) is 9.38. The lowest BCUT2D eigenvalue weighted by molar-refractivity contribution is -0.127. The summed E-state index contributed by atoms with van der Waals surface area (Å²) in [5.41, 5.74) is 0.685. The van der Waals surface area contributed by atoms with Crippen LogP contribution in [0.2, 0.25) is 0 Å². The highest BCUT2D eigenvalue weighted by Crippen LogP contribution is 2.18. The van der Waals surface area contributed by atoms with E-state index >= 15 is 0 Å². The molecule has 0 heterocycles. The standard InChI is InChI=1S/C28H36O6/c1-4-6-8-9-10-20-32-24-16-12-23(13-17-24)28(31)34-25-18-14-22(15-19-25)27(30)33-21(3)26(29)11-7-5-2/h12-19,21H,4-11,20H2,1-3H3. The maximum Gasteiger partial charge on any atom is 0.343 e. The second kappa shape index (κ2) is 14.9. The van der Waals surface area contributed by atoms with Crippen LogP contribution in [0.5, 0.6) is 11.5 Å². The van der Waals surface area contributed by atoms with Crippen molar-refractivity contribution in [3.8, 4) is 11.5 Å². The molecule has 0 aliphatic carbocycles. The van der Waals surface area contributed by atoms with Crippen molar-refractivity contribution < 1.29 is 28.6 Å². The molecule has 1 unspecified atom stereocenters. The number of ether oxygens (including phenoxy) is 3. The topological polar surface area (TPSA) is 78.9 Å². The second-order valence-electron chi connectivity index (χ2n) is 8.32. The molecule has 34 heavy (non-hydrogen) atoms. The van der Waals surface area contributed by atoms with Crippen molar-refractivity contribution in [2.75, 3.05) is 6.61 Å². The van der Waals surface area contributed by atoms with Crippen LogP contribution < -0.4 is 9.47 Å². The quantitative estimate of drug-likeness (QED) is 0.167. The van der Waals surface area contributed by atoms with E-state index < -0.39 is 18.0 Å². The molecule has 0 radical (unpaired) electrons. The van der Waals surface area contributed by atoms with Crippen molar-refractivity contribution in [3.63, 3.8) is 0 Å². The van der Waals surface area contributed by atoms with E-state index in [1.54, 1.807) is 31.2 Å². The summed E-state index contributed by atoms with van der Waals surface area (Å²) in [6.07, 6.45) is 7.16. The number of Topliss-reactive ketones (excluding diaryl/α,β-unsaturated/α-hetero) is 1. The van der Waals surface area contributed by atoms with Crippen molar-refractivity contribution in [1.29, 1.82) is 0 Å². The molecule has 0 spiro atoms. The summed E-state index contributed by atoms with van der Waals surface area (Å²) in [4.78, 5) is 36.6. The average Bonchev–Trinajstić information content (AvgIpc) is 2.85. The maximum atomic E-state index is 12.4. The Morgan fingerprint density at radius 3 is 1.88 bits per heavy atom. The molecule has 2 aromatic carbocycles. The van der Waals surface area contributed by atoms with Crippen LogP contribution >= 0.6 is 0 Å². The lowest BCUT2D eigenvalue weighted by Gasteiger charge is -2.12. The van der Waals surface area contributed by atoms with Gasteiger partial charge in [-0.2, -0.15) is 0 Å². The number of rotatable bonds is 15. The van der Waals surface area contributed by atoms with E-state index in [4.69, 9.17) is 14.2 Å². The molecule has 0 aliphatic rings. The zero-order valence-electron chi connectivity index (χ0n) is 20.5.